The summed E-state index contributed by atoms with van der Waals surface area (Å²) >= 11 is 0. The van der Waals surface area contributed by atoms with Crippen LogP contribution in [0.2, 0.25) is 0 Å². The van der Waals surface area contributed by atoms with Crippen LogP contribution in [0.1, 0.15) is 29.9 Å². The van der Waals surface area contributed by atoms with E-state index < -0.39 is 68.3 Å². The summed E-state index contributed by atoms with van der Waals surface area (Å²) in [5, 5.41) is 22.9. The van der Waals surface area contributed by atoms with E-state index in [0.29, 0.717) is 12.1 Å². The number of aliphatic hydroxyl groups is 1. The van der Waals surface area contributed by atoms with Gasteiger partial charge < -0.3 is 15.5 Å². The van der Waals surface area contributed by atoms with E-state index in [1.807, 2.05) is 0 Å². The molecule has 1 amide bonds. The van der Waals surface area contributed by atoms with E-state index in [2.05, 4.69) is 5.32 Å². The number of aromatic hydroxyl groups is 1. The Morgan fingerprint density at radius 3 is 2.36 bits per heavy atom. The monoisotopic (exact) mass is 524 g/mol. The number of hydrogen-bond acceptors (Lipinski definition) is 6. The number of phenolic OH excluding ortho intramolecular Hbond substituents is 1. The summed E-state index contributed by atoms with van der Waals surface area (Å²) in [5.74, 6) is -4.97. The minimum Gasteiger partial charge on any atom is -0.507 e. The number of carbonyl (C=O) groups is 1. The second-order valence-corrected chi connectivity index (χ2v) is 11.0. The summed E-state index contributed by atoms with van der Waals surface area (Å²) in [7, 11) is -3.93. The van der Waals surface area contributed by atoms with Gasteiger partial charge in [-0.25, -0.2) is 21.6 Å². The number of para-hydroxylation sites is 1. The van der Waals surface area contributed by atoms with Crippen LogP contribution in [0, 0.1) is 17.5 Å². The zero-order valence-corrected chi connectivity index (χ0v) is 20.0. The van der Waals surface area contributed by atoms with Gasteiger partial charge in [0.25, 0.3) is 11.5 Å². The van der Waals surface area contributed by atoms with Gasteiger partial charge in [-0.1, -0.05) is 12.1 Å². The Bertz CT molecular complexity index is 1470. The summed E-state index contributed by atoms with van der Waals surface area (Å²) in [5.41, 5.74) is -2.06. The lowest BCUT2D eigenvalue weighted by atomic mass is 10.0. The average Bonchev–Trinajstić information content (AvgIpc) is 2.80. The lowest BCUT2D eigenvalue weighted by Gasteiger charge is -2.30. The molecular formula is C24H23F3N2O6S. The Kier molecular flexibility index (Phi) is 7.60. The molecule has 1 heterocycles. The molecule has 2 aromatic carbocycles. The Balaban J connectivity index is 1.86. The molecule has 0 saturated carbocycles. The number of amides is 1. The van der Waals surface area contributed by atoms with E-state index in [0.717, 1.165) is 29.2 Å². The SMILES string of the molecule is CC(CNC(=O)c1ccccc1O)(CC(O)n1ccc(-c2c(F)ccc(F)c2F)cc1=O)S(C)(=O)=O. The van der Waals surface area contributed by atoms with E-state index >= 15 is 0 Å². The second kappa shape index (κ2) is 10.2. The number of aliphatic hydroxyl groups excluding tert-OH is 1. The molecule has 3 aromatic rings. The molecule has 0 bridgehead atoms. The zero-order valence-electron chi connectivity index (χ0n) is 19.2. The van der Waals surface area contributed by atoms with Crippen molar-refractivity contribution in [1.29, 1.82) is 0 Å². The molecule has 1 aromatic heterocycles. The molecule has 0 radical (unpaired) electrons. The van der Waals surface area contributed by atoms with Gasteiger partial charge in [-0.2, -0.15) is 0 Å². The van der Waals surface area contributed by atoms with Crippen molar-refractivity contribution in [1.82, 2.24) is 9.88 Å². The first-order valence-corrected chi connectivity index (χ1v) is 12.4. The minimum absolute atomic E-state index is 0.0856. The summed E-state index contributed by atoms with van der Waals surface area (Å²) in [6.45, 7) is 0.788. The number of halogens is 3. The molecule has 8 nitrogen and oxygen atoms in total. The standard InChI is InChI=1S/C24H23F3N2O6S/c1-24(36(2,34)35,13-28-23(33)15-5-3-4-6-18(15)30)12-20(32)29-10-9-14(11-19(29)31)21-16(25)7-8-17(26)22(21)27/h3-11,20,30,32H,12-13H2,1-2H3,(H,28,33). The Labute approximate surface area is 204 Å². The first-order valence-electron chi connectivity index (χ1n) is 10.5. The largest absolute Gasteiger partial charge is 0.507 e. The molecule has 0 aliphatic carbocycles. The molecule has 3 N–H and O–H groups in total. The predicted molar refractivity (Wildman–Crippen MR) is 126 cm³/mol. The molecule has 192 valence electrons. The van der Waals surface area contributed by atoms with Crippen LogP contribution in [0.4, 0.5) is 13.2 Å². The van der Waals surface area contributed by atoms with Gasteiger partial charge in [0.2, 0.25) is 0 Å². The molecule has 0 spiro atoms. The first-order chi connectivity index (χ1) is 16.7. The van der Waals surface area contributed by atoms with Crippen molar-refractivity contribution in [2.45, 2.75) is 24.3 Å². The fourth-order valence-corrected chi connectivity index (χ4v) is 4.34. The van der Waals surface area contributed by atoms with Gasteiger partial charge in [0, 0.05) is 31.5 Å². The van der Waals surface area contributed by atoms with E-state index in [1.54, 1.807) is 0 Å². The third-order valence-electron chi connectivity index (χ3n) is 5.88. The smallest absolute Gasteiger partial charge is 0.255 e. The van der Waals surface area contributed by atoms with Crippen molar-refractivity contribution in [3.05, 3.63) is 88.1 Å². The number of phenols is 1. The topological polar surface area (TPSA) is 126 Å². The van der Waals surface area contributed by atoms with Crippen LogP contribution >= 0.6 is 0 Å². The number of rotatable bonds is 8. The first kappa shape index (κ1) is 27.0. The van der Waals surface area contributed by atoms with Crippen molar-refractivity contribution in [3.63, 3.8) is 0 Å². The van der Waals surface area contributed by atoms with Gasteiger partial charge in [0.05, 0.1) is 15.9 Å². The number of nitrogens with zero attached hydrogens (tertiary/aromatic N) is 1. The maximum atomic E-state index is 14.1. The maximum Gasteiger partial charge on any atom is 0.255 e. The normalized spacial score (nSPS) is 14.2. The van der Waals surface area contributed by atoms with Crippen molar-refractivity contribution in [2.75, 3.05) is 12.8 Å². The molecule has 2 unspecified atom stereocenters. The van der Waals surface area contributed by atoms with Gasteiger partial charge in [-0.15, -0.1) is 0 Å². The van der Waals surface area contributed by atoms with Crippen molar-refractivity contribution < 1.29 is 36.6 Å². The van der Waals surface area contributed by atoms with Gasteiger partial charge >= 0.3 is 0 Å². The molecule has 12 heteroatoms. The molecule has 36 heavy (non-hydrogen) atoms. The molecule has 3 rings (SSSR count). The van der Waals surface area contributed by atoms with Crippen LogP contribution in [0.5, 0.6) is 5.75 Å². The Morgan fingerprint density at radius 2 is 1.75 bits per heavy atom. The van der Waals surface area contributed by atoms with Gasteiger partial charge in [-0.3, -0.25) is 14.2 Å². The second-order valence-electron chi connectivity index (χ2n) is 8.49. The van der Waals surface area contributed by atoms with E-state index in [9.17, 15) is 41.4 Å². The Hall–Kier alpha value is -3.64. The van der Waals surface area contributed by atoms with E-state index in [4.69, 9.17) is 0 Å². The van der Waals surface area contributed by atoms with Crippen molar-refractivity contribution in [3.8, 4) is 16.9 Å². The number of nitrogens with one attached hydrogen (secondary N) is 1. The van der Waals surface area contributed by atoms with E-state index in [1.165, 1.54) is 31.2 Å². The predicted octanol–water partition coefficient (Wildman–Crippen LogP) is 2.75. The molecule has 0 aliphatic heterocycles. The Morgan fingerprint density at radius 1 is 1.11 bits per heavy atom. The minimum atomic E-state index is -3.93. The van der Waals surface area contributed by atoms with Crippen LogP contribution in [0.25, 0.3) is 11.1 Å². The number of benzene rings is 2. The fraction of sp³-hybridized carbons (Fsp3) is 0.250. The molecule has 0 aliphatic rings. The fourth-order valence-electron chi connectivity index (χ4n) is 3.55. The summed E-state index contributed by atoms with van der Waals surface area (Å²) in [6.07, 6.45) is -0.368. The number of pyridine rings is 1. The third-order valence-corrected chi connectivity index (χ3v) is 7.98. The van der Waals surface area contributed by atoms with Crippen LogP contribution in [-0.2, 0) is 9.84 Å². The van der Waals surface area contributed by atoms with Gasteiger partial charge in [0.15, 0.2) is 21.5 Å². The van der Waals surface area contributed by atoms with Crippen LogP contribution < -0.4 is 10.9 Å². The molecule has 2 atom stereocenters. The average molecular weight is 525 g/mol. The maximum absolute atomic E-state index is 14.1. The van der Waals surface area contributed by atoms with E-state index in [-0.39, 0.29) is 16.9 Å². The van der Waals surface area contributed by atoms with Crippen LogP contribution in [0.15, 0.2) is 59.5 Å². The van der Waals surface area contributed by atoms with Gasteiger partial charge in [0.1, 0.15) is 17.8 Å². The van der Waals surface area contributed by atoms with Crippen LogP contribution in [-0.4, -0.2) is 46.7 Å². The highest BCUT2D eigenvalue weighted by atomic mass is 32.2. The zero-order chi connectivity index (χ0) is 26.8. The highest BCUT2D eigenvalue weighted by molar-refractivity contribution is 7.92. The lowest BCUT2D eigenvalue weighted by molar-refractivity contribution is 0.0767. The summed E-state index contributed by atoms with van der Waals surface area (Å²) in [4.78, 5) is 25.0. The number of hydrogen-bond donors (Lipinski definition) is 3. The quantitative estimate of drug-likeness (QED) is 0.389. The summed E-state index contributed by atoms with van der Waals surface area (Å²) in [6, 6.07) is 8.78. The van der Waals surface area contributed by atoms with Crippen LogP contribution in [0.3, 0.4) is 0 Å². The third kappa shape index (κ3) is 5.44. The number of sulfone groups is 1. The van der Waals surface area contributed by atoms with Crippen molar-refractivity contribution >= 4 is 15.7 Å². The highest BCUT2D eigenvalue weighted by Gasteiger charge is 2.39. The number of aromatic nitrogens is 1. The highest BCUT2D eigenvalue weighted by Crippen LogP contribution is 2.29. The lowest BCUT2D eigenvalue weighted by Crippen LogP contribution is -2.48. The van der Waals surface area contributed by atoms with Gasteiger partial charge in [-0.05, 0) is 42.8 Å². The number of carbonyl (C=O) groups excluding carboxylic acids is 1. The summed E-state index contributed by atoms with van der Waals surface area (Å²) < 4.78 is 65.8. The molecular weight excluding hydrogens is 501 g/mol. The molecule has 0 fully saturated rings. The molecule has 0 saturated heterocycles. The van der Waals surface area contributed by atoms with Crippen molar-refractivity contribution in [2.24, 2.45) is 0 Å².